The number of benzene rings is 1. The molecule has 3 heteroatoms. The van der Waals surface area contributed by atoms with Crippen LogP contribution in [0.2, 0.25) is 0 Å². The van der Waals surface area contributed by atoms with Crippen molar-refractivity contribution in [3.63, 3.8) is 0 Å². The fourth-order valence-corrected chi connectivity index (χ4v) is 1.15. The lowest BCUT2D eigenvalue weighted by Crippen LogP contribution is -2.05. The minimum Gasteiger partial charge on any atom is -0.427 e. The first-order valence-electron chi connectivity index (χ1n) is 4.99. The Labute approximate surface area is 89.1 Å². The summed E-state index contributed by atoms with van der Waals surface area (Å²) < 4.78 is 5.01. The molecular formula is C12H14O3. The molecule has 0 aromatic heterocycles. The van der Waals surface area contributed by atoms with E-state index in [4.69, 9.17) is 4.74 Å². The number of ether oxygens (including phenoxy) is 1. The van der Waals surface area contributed by atoms with E-state index in [-0.39, 0.29) is 5.97 Å². The highest BCUT2D eigenvalue weighted by Crippen LogP contribution is 2.13. The topological polar surface area (TPSA) is 43.4 Å². The summed E-state index contributed by atoms with van der Waals surface area (Å²) in [6.45, 7) is 1.75. The number of aryl methyl sites for hydroxylation is 1. The van der Waals surface area contributed by atoms with Crippen LogP contribution in [0.15, 0.2) is 24.3 Å². The van der Waals surface area contributed by atoms with Gasteiger partial charge in [0.05, 0.1) is 0 Å². The number of hydrogen-bond acceptors (Lipinski definition) is 3. The van der Waals surface area contributed by atoms with Crippen molar-refractivity contribution < 1.29 is 14.3 Å². The van der Waals surface area contributed by atoms with Gasteiger partial charge in [-0.2, -0.15) is 0 Å². The molecule has 0 heterocycles. The molecule has 0 saturated heterocycles. The summed E-state index contributed by atoms with van der Waals surface area (Å²) in [4.78, 5) is 21.1. The fourth-order valence-electron chi connectivity index (χ4n) is 1.15. The molecule has 1 rings (SSSR count). The lowest BCUT2D eigenvalue weighted by Gasteiger charge is -2.03. The van der Waals surface area contributed by atoms with Crippen LogP contribution in [0.5, 0.6) is 5.75 Å². The van der Waals surface area contributed by atoms with Crippen molar-refractivity contribution in [1.29, 1.82) is 0 Å². The molecule has 0 aliphatic carbocycles. The minimum absolute atomic E-state index is 0.240. The molecule has 1 aromatic carbocycles. The predicted molar refractivity (Wildman–Crippen MR) is 56.8 cm³/mol. The summed E-state index contributed by atoms with van der Waals surface area (Å²) in [6, 6.07) is 7.21. The first-order chi connectivity index (χ1) is 7.26. The van der Waals surface area contributed by atoms with Gasteiger partial charge in [-0.3, -0.25) is 4.79 Å². The molecule has 0 N–H and O–H groups in total. The molecule has 0 aliphatic heterocycles. The highest BCUT2D eigenvalue weighted by molar-refractivity contribution is 5.71. The van der Waals surface area contributed by atoms with Gasteiger partial charge in [0.15, 0.2) is 0 Å². The number of carbonyl (C=O) groups excluding carboxylic acids is 2. The first kappa shape index (κ1) is 11.4. The summed E-state index contributed by atoms with van der Waals surface area (Å²) in [5.74, 6) is 0.312. The van der Waals surface area contributed by atoms with E-state index in [9.17, 15) is 9.59 Å². The van der Waals surface area contributed by atoms with E-state index < -0.39 is 0 Å². The van der Waals surface area contributed by atoms with Gasteiger partial charge in [-0.25, -0.2) is 0 Å². The molecule has 0 aliphatic rings. The number of aldehydes is 1. The van der Waals surface area contributed by atoms with Crippen LogP contribution >= 0.6 is 0 Å². The van der Waals surface area contributed by atoms with Crippen LogP contribution in [-0.4, -0.2) is 12.3 Å². The number of rotatable bonds is 5. The maximum atomic E-state index is 11.0. The predicted octanol–water partition coefficient (Wildman–Crippen LogP) is 2.13. The molecule has 3 nitrogen and oxygen atoms in total. The van der Waals surface area contributed by atoms with Gasteiger partial charge in [0.2, 0.25) is 0 Å². The van der Waals surface area contributed by atoms with Crippen LogP contribution in [0, 0.1) is 0 Å². The molecule has 0 unspecified atom stereocenters. The van der Waals surface area contributed by atoms with Crippen molar-refractivity contribution >= 4 is 12.3 Å². The Kier molecular flexibility index (Phi) is 4.54. The lowest BCUT2D eigenvalue weighted by atomic mass is 10.1. The SMILES string of the molecule is CCC(=O)Oc1ccc(CCC=O)cc1. The normalized spacial score (nSPS) is 9.67. The van der Waals surface area contributed by atoms with E-state index >= 15 is 0 Å². The smallest absolute Gasteiger partial charge is 0.310 e. The zero-order valence-electron chi connectivity index (χ0n) is 8.73. The van der Waals surface area contributed by atoms with Gasteiger partial charge in [-0.15, -0.1) is 0 Å². The van der Waals surface area contributed by atoms with Crippen LogP contribution in [-0.2, 0) is 16.0 Å². The Morgan fingerprint density at radius 3 is 2.53 bits per heavy atom. The van der Waals surface area contributed by atoms with Gasteiger partial charge in [-0.05, 0) is 24.1 Å². The van der Waals surface area contributed by atoms with Crippen molar-refractivity contribution in [3.8, 4) is 5.75 Å². The summed E-state index contributed by atoms with van der Waals surface area (Å²) in [7, 11) is 0. The minimum atomic E-state index is -0.240. The van der Waals surface area contributed by atoms with E-state index in [1.54, 1.807) is 19.1 Å². The first-order valence-corrected chi connectivity index (χ1v) is 4.99. The second-order valence-corrected chi connectivity index (χ2v) is 3.18. The Morgan fingerprint density at radius 2 is 2.00 bits per heavy atom. The van der Waals surface area contributed by atoms with Crippen LogP contribution in [0.3, 0.4) is 0 Å². The van der Waals surface area contributed by atoms with Gasteiger partial charge in [0, 0.05) is 12.8 Å². The molecule has 0 radical (unpaired) electrons. The molecule has 80 valence electrons. The summed E-state index contributed by atoms with van der Waals surface area (Å²) in [5, 5.41) is 0. The van der Waals surface area contributed by atoms with Crippen LogP contribution in [0.4, 0.5) is 0 Å². The van der Waals surface area contributed by atoms with Crippen LogP contribution in [0.1, 0.15) is 25.3 Å². The van der Waals surface area contributed by atoms with E-state index in [0.29, 0.717) is 18.6 Å². The lowest BCUT2D eigenvalue weighted by molar-refractivity contribution is -0.134. The Morgan fingerprint density at radius 1 is 1.33 bits per heavy atom. The summed E-state index contributed by atoms with van der Waals surface area (Å²) in [5.41, 5.74) is 1.07. The molecular weight excluding hydrogens is 192 g/mol. The van der Waals surface area contributed by atoms with Gasteiger partial charge in [0.25, 0.3) is 0 Å². The van der Waals surface area contributed by atoms with E-state index in [1.807, 2.05) is 12.1 Å². The maximum absolute atomic E-state index is 11.0. The molecule has 0 fully saturated rings. The van der Waals surface area contributed by atoms with Crippen molar-refractivity contribution in [3.05, 3.63) is 29.8 Å². The van der Waals surface area contributed by atoms with E-state index in [2.05, 4.69) is 0 Å². The average Bonchev–Trinajstić information content (AvgIpc) is 2.28. The van der Waals surface area contributed by atoms with E-state index in [1.165, 1.54) is 0 Å². The molecule has 0 spiro atoms. The van der Waals surface area contributed by atoms with Gasteiger partial charge in [-0.1, -0.05) is 19.1 Å². The summed E-state index contributed by atoms with van der Waals surface area (Å²) >= 11 is 0. The Balaban J connectivity index is 2.55. The van der Waals surface area contributed by atoms with E-state index in [0.717, 1.165) is 18.3 Å². The van der Waals surface area contributed by atoms with Gasteiger partial charge in [0.1, 0.15) is 12.0 Å². The van der Waals surface area contributed by atoms with Gasteiger partial charge >= 0.3 is 5.97 Å². The third-order valence-corrected chi connectivity index (χ3v) is 1.99. The number of carbonyl (C=O) groups is 2. The largest absolute Gasteiger partial charge is 0.427 e. The maximum Gasteiger partial charge on any atom is 0.310 e. The zero-order valence-corrected chi connectivity index (χ0v) is 8.73. The Hall–Kier alpha value is -1.64. The highest BCUT2D eigenvalue weighted by atomic mass is 16.5. The molecule has 0 amide bonds. The fraction of sp³-hybridized carbons (Fsp3) is 0.333. The molecule has 0 atom stereocenters. The third-order valence-electron chi connectivity index (χ3n) is 1.99. The number of hydrogen-bond donors (Lipinski definition) is 0. The van der Waals surface area contributed by atoms with Crippen LogP contribution < -0.4 is 4.74 Å². The average molecular weight is 206 g/mol. The molecule has 1 aromatic rings. The van der Waals surface area contributed by atoms with Crippen molar-refractivity contribution in [1.82, 2.24) is 0 Å². The summed E-state index contributed by atoms with van der Waals surface area (Å²) in [6.07, 6.45) is 2.51. The molecule has 0 saturated carbocycles. The van der Waals surface area contributed by atoms with Gasteiger partial charge < -0.3 is 9.53 Å². The number of esters is 1. The quantitative estimate of drug-likeness (QED) is 0.421. The second-order valence-electron chi connectivity index (χ2n) is 3.18. The van der Waals surface area contributed by atoms with Crippen molar-refractivity contribution in [2.45, 2.75) is 26.2 Å². The van der Waals surface area contributed by atoms with Crippen LogP contribution in [0.25, 0.3) is 0 Å². The van der Waals surface area contributed by atoms with Crippen molar-refractivity contribution in [2.24, 2.45) is 0 Å². The molecule has 15 heavy (non-hydrogen) atoms. The Bertz CT molecular complexity index is 327. The standard InChI is InChI=1S/C12H14O3/c1-2-12(14)15-11-7-5-10(6-8-11)4-3-9-13/h5-9H,2-4H2,1H3. The second kappa shape index (κ2) is 5.96. The molecule has 0 bridgehead atoms. The monoisotopic (exact) mass is 206 g/mol. The van der Waals surface area contributed by atoms with Crippen molar-refractivity contribution in [2.75, 3.05) is 0 Å². The zero-order chi connectivity index (χ0) is 11.1. The highest BCUT2D eigenvalue weighted by Gasteiger charge is 2.00. The third kappa shape index (κ3) is 3.94.